The van der Waals surface area contributed by atoms with Crippen LogP contribution in [-0.2, 0) is 4.79 Å². The average molecular weight is 245 g/mol. The second-order valence-corrected chi connectivity index (χ2v) is 4.34. The number of rotatable bonds is 4. The first-order chi connectivity index (χ1) is 8.56. The molecule has 5 heteroatoms. The van der Waals surface area contributed by atoms with E-state index < -0.39 is 5.97 Å². The van der Waals surface area contributed by atoms with E-state index in [-0.39, 0.29) is 12.3 Å². The van der Waals surface area contributed by atoms with Gasteiger partial charge in [0.2, 0.25) is 0 Å². The lowest BCUT2D eigenvalue weighted by Gasteiger charge is -2.09. The molecule has 2 aromatic heterocycles. The molecule has 2 heterocycles. The highest BCUT2D eigenvalue weighted by Crippen LogP contribution is 2.20. The molecule has 0 aliphatic carbocycles. The van der Waals surface area contributed by atoms with Crippen molar-refractivity contribution in [2.75, 3.05) is 0 Å². The maximum absolute atomic E-state index is 10.7. The molecule has 0 aliphatic heterocycles. The summed E-state index contributed by atoms with van der Waals surface area (Å²) in [5.74, 6) is -0.466. The zero-order chi connectivity index (χ0) is 13.1. The molecule has 0 aromatic carbocycles. The molecular formula is C13H15N3O2. The van der Waals surface area contributed by atoms with Crippen LogP contribution in [0.5, 0.6) is 0 Å². The Morgan fingerprint density at radius 3 is 2.89 bits per heavy atom. The highest BCUT2D eigenvalue weighted by atomic mass is 16.4. The molecule has 1 atom stereocenters. The van der Waals surface area contributed by atoms with Crippen molar-refractivity contribution in [1.29, 1.82) is 0 Å². The van der Waals surface area contributed by atoms with E-state index in [2.05, 4.69) is 15.0 Å². The molecular weight excluding hydrogens is 230 g/mol. The normalized spacial score (nSPS) is 12.3. The second kappa shape index (κ2) is 5.00. The number of hydrogen-bond acceptors (Lipinski definition) is 3. The molecule has 1 unspecified atom stereocenters. The van der Waals surface area contributed by atoms with E-state index in [9.17, 15) is 4.79 Å². The van der Waals surface area contributed by atoms with Gasteiger partial charge in [0.15, 0.2) is 0 Å². The number of aliphatic carboxylic acids is 1. The van der Waals surface area contributed by atoms with Gasteiger partial charge < -0.3 is 10.1 Å². The number of aryl methyl sites for hydroxylation is 1. The number of H-pyrrole nitrogens is 1. The topological polar surface area (TPSA) is 78.9 Å². The summed E-state index contributed by atoms with van der Waals surface area (Å²) in [5.41, 5.74) is 2.53. The van der Waals surface area contributed by atoms with E-state index in [1.807, 2.05) is 38.2 Å². The van der Waals surface area contributed by atoms with Crippen molar-refractivity contribution in [1.82, 2.24) is 15.0 Å². The van der Waals surface area contributed by atoms with Crippen LogP contribution in [0, 0.1) is 6.92 Å². The number of nitrogens with zero attached hydrogens (tertiary/aromatic N) is 2. The Labute approximate surface area is 105 Å². The van der Waals surface area contributed by atoms with E-state index in [0.29, 0.717) is 5.82 Å². The van der Waals surface area contributed by atoms with Crippen molar-refractivity contribution in [3.05, 3.63) is 35.9 Å². The van der Waals surface area contributed by atoms with E-state index in [0.717, 1.165) is 17.1 Å². The summed E-state index contributed by atoms with van der Waals surface area (Å²) in [7, 11) is 0. The van der Waals surface area contributed by atoms with E-state index >= 15 is 0 Å². The van der Waals surface area contributed by atoms with Crippen LogP contribution < -0.4 is 0 Å². The fourth-order valence-corrected chi connectivity index (χ4v) is 1.79. The first-order valence-electron chi connectivity index (χ1n) is 5.77. The third-order valence-corrected chi connectivity index (χ3v) is 2.67. The maximum Gasteiger partial charge on any atom is 0.304 e. The molecule has 18 heavy (non-hydrogen) atoms. The minimum absolute atomic E-state index is 0.0353. The van der Waals surface area contributed by atoms with Crippen molar-refractivity contribution >= 4 is 5.97 Å². The lowest BCUT2D eigenvalue weighted by Crippen LogP contribution is -2.08. The summed E-state index contributed by atoms with van der Waals surface area (Å²) in [6.45, 7) is 3.70. The Morgan fingerprint density at radius 2 is 2.28 bits per heavy atom. The number of aromatic amines is 1. The van der Waals surface area contributed by atoms with Crippen molar-refractivity contribution in [3.8, 4) is 11.4 Å². The predicted molar refractivity (Wildman–Crippen MR) is 67.2 cm³/mol. The largest absolute Gasteiger partial charge is 0.481 e. The minimum Gasteiger partial charge on any atom is -0.481 e. The maximum atomic E-state index is 10.7. The molecule has 94 valence electrons. The number of aromatic nitrogens is 3. The third-order valence-electron chi connectivity index (χ3n) is 2.67. The summed E-state index contributed by atoms with van der Waals surface area (Å²) in [5, 5.41) is 8.81. The van der Waals surface area contributed by atoms with Crippen LogP contribution in [0.2, 0.25) is 0 Å². The lowest BCUT2D eigenvalue weighted by molar-refractivity contribution is -0.137. The highest BCUT2D eigenvalue weighted by molar-refractivity contribution is 5.67. The molecule has 2 rings (SSSR count). The van der Waals surface area contributed by atoms with Gasteiger partial charge in [0.25, 0.3) is 0 Å². The van der Waals surface area contributed by atoms with Crippen LogP contribution in [0.15, 0.2) is 24.4 Å². The van der Waals surface area contributed by atoms with Gasteiger partial charge >= 0.3 is 5.97 Å². The molecule has 5 nitrogen and oxygen atoms in total. The summed E-state index contributed by atoms with van der Waals surface area (Å²) in [4.78, 5) is 22.5. The Hall–Kier alpha value is -2.17. The first-order valence-corrected chi connectivity index (χ1v) is 5.77. The molecule has 0 radical (unpaired) electrons. The highest BCUT2D eigenvalue weighted by Gasteiger charge is 2.15. The Bertz CT molecular complexity index is 549. The Balaban J connectivity index is 2.35. The number of carboxylic acids is 1. The number of nitrogens with one attached hydrogen (secondary N) is 1. The molecule has 0 fully saturated rings. The van der Waals surface area contributed by atoms with Crippen LogP contribution in [0.3, 0.4) is 0 Å². The van der Waals surface area contributed by atoms with Crippen molar-refractivity contribution in [3.63, 3.8) is 0 Å². The van der Waals surface area contributed by atoms with Gasteiger partial charge in [0, 0.05) is 17.8 Å². The monoisotopic (exact) mass is 245 g/mol. The molecule has 0 spiro atoms. The Morgan fingerprint density at radius 1 is 1.50 bits per heavy atom. The standard InChI is InChI=1S/C13H15N3O2/c1-8(6-12(17)18)13-15-9(2)7-11(16-13)10-4-3-5-14-10/h3-5,7-8,14H,6H2,1-2H3,(H,17,18). The summed E-state index contributed by atoms with van der Waals surface area (Å²) >= 11 is 0. The van der Waals surface area contributed by atoms with E-state index in [1.165, 1.54) is 0 Å². The lowest BCUT2D eigenvalue weighted by atomic mass is 10.1. The summed E-state index contributed by atoms with van der Waals surface area (Å²) in [6, 6.07) is 5.70. The first kappa shape index (κ1) is 12.3. The van der Waals surface area contributed by atoms with Crippen molar-refractivity contribution in [2.45, 2.75) is 26.2 Å². The second-order valence-electron chi connectivity index (χ2n) is 4.34. The molecule has 2 aromatic rings. The quantitative estimate of drug-likeness (QED) is 0.866. The van der Waals surface area contributed by atoms with Crippen LogP contribution in [0.1, 0.15) is 30.8 Å². The van der Waals surface area contributed by atoms with Crippen LogP contribution in [0.25, 0.3) is 11.4 Å². The number of carbonyl (C=O) groups is 1. The predicted octanol–water partition coefficient (Wildman–Crippen LogP) is 2.36. The average Bonchev–Trinajstić information content (AvgIpc) is 2.80. The summed E-state index contributed by atoms with van der Waals surface area (Å²) in [6.07, 6.45) is 1.86. The van der Waals surface area contributed by atoms with Gasteiger partial charge in [0.1, 0.15) is 5.82 Å². The van der Waals surface area contributed by atoms with E-state index in [1.54, 1.807) is 0 Å². The van der Waals surface area contributed by atoms with Gasteiger partial charge in [-0.2, -0.15) is 0 Å². The van der Waals surface area contributed by atoms with Gasteiger partial charge in [-0.3, -0.25) is 4.79 Å². The molecule has 0 saturated carbocycles. The third kappa shape index (κ3) is 2.74. The van der Waals surface area contributed by atoms with Gasteiger partial charge in [-0.15, -0.1) is 0 Å². The molecule has 2 N–H and O–H groups in total. The van der Waals surface area contributed by atoms with Gasteiger partial charge in [-0.05, 0) is 25.1 Å². The number of carboxylic acid groups (broad SMARTS) is 1. The smallest absolute Gasteiger partial charge is 0.304 e. The minimum atomic E-state index is -0.839. The zero-order valence-corrected chi connectivity index (χ0v) is 10.3. The van der Waals surface area contributed by atoms with Crippen molar-refractivity contribution < 1.29 is 9.90 Å². The molecule has 0 saturated heterocycles. The van der Waals surface area contributed by atoms with Crippen LogP contribution in [0.4, 0.5) is 0 Å². The SMILES string of the molecule is Cc1cc(-c2ccc[nH]2)nc(C(C)CC(=O)O)n1. The van der Waals surface area contributed by atoms with Crippen LogP contribution >= 0.6 is 0 Å². The van der Waals surface area contributed by atoms with Gasteiger partial charge in [-0.25, -0.2) is 9.97 Å². The van der Waals surface area contributed by atoms with Gasteiger partial charge in [-0.1, -0.05) is 6.92 Å². The number of hydrogen-bond donors (Lipinski definition) is 2. The van der Waals surface area contributed by atoms with Gasteiger partial charge in [0.05, 0.1) is 17.8 Å². The summed E-state index contributed by atoms with van der Waals surface area (Å²) < 4.78 is 0. The zero-order valence-electron chi connectivity index (χ0n) is 10.3. The fraction of sp³-hybridized carbons (Fsp3) is 0.308. The fourth-order valence-electron chi connectivity index (χ4n) is 1.79. The van der Waals surface area contributed by atoms with Crippen LogP contribution in [-0.4, -0.2) is 26.0 Å². The molecule has 0 amide bonds. The molecule has 0 bridgehead atoms. The molecule has 0 aliphatic rings. The Kier molecular flexibility index (Phi) is 3.41. The van der Waals surface area contributed by atoms with Crippen molar-refractivity contribution in [2.24, 2.45) is 0 Å². The van der Waals surface area contributed by atoms with E-state index in [4.69, 9.17) is 5.11 Å².